The van der Waals surface area contributed by atoms with Crippen molar-refractivity contribution in [3.05, 3.63) is 38.2 Å². The van der Waals surface area contributed by atoms with Crippen molar-refractivity contribution >= 4 is 28.8 Å². The molecule has 0 aliphatic rings. The van der Waals surface area contributed by atoms with Gasteiger partial charge in [-0.1, -0.05) is 0 Å². The fourth-order valence-electron chi connectivity index (χ4n) is 1.75. The number of nitrogen functional groups attached to an aromatic ring is 1. The molecule has 2 aromatic heterocycles. The molecular formula is C11H14N6O3S. The van der Waals surface area contributed by atoms with Gasteiger partial charge in [0.2, 0.25) is 11.8 Å². The lowest BCUT2D eigenvalue weighted by atomic mass is 10.2. The monoisotopic (exact) mass is 310 g/mol. The number of aromatic nitrogens is 2. The number of hydrazine groups is 1. The normalized spacial score (nSPS) is 12.0. The molecule has 10 heteroatoms. The molecule has 1 unspecified atom stereocenters. The molecule has 0 bridgehead atoms. The number of aliphatic hydroxyl groups excluding tert-OH is 1. The van der Waals surface area contributed by atoms with Crippen LogP contribution in [0.15, 0.2) is 16.8 Å². The van der Waals surface area contributed by atoms with Crippen LogP contribution in [0, 0.1) is 17.0 Å². The number of thiophene rings is 1. The van der Waals surface area contributed by atoms with Gasteiger partial charge in [-0.15, -0.1) is 0 Å². The first-order valence-corrected chi connectivity index (χ1v) is 6.91. The quantitative estimate of drug-likeness (QED) is 0.354. The lowest BCUT2D eigenvalue weighted by molar-refractivity contribution is -0.385. The van der Waals surface area contributed by atoms with Gasteiger partial charge in [0.15, 0.2) is 0 Å². The molecule has 2 aromatic rings. The zero-order valence-corrected chi connectivity index (χ0v) is 11.9. The van der Waals surface area contributed by atoms with E-state index in [-0.39, 0.29) is 29.7 Å². The van der Waals surface area contributed by atoms with E-state index in [0.29, 0.717) is 0 Å². The largest absolute Gasteiger partial charge is 0.387 e. The second-order valence-corrected chi connectivity index (χ2v) is 4.96. The average molecular weight is 310 g/mol. The maximum absolute atomic E-state index is 11.1. The number of nitrogens with one attached hydrogen (secondary N) is 2. The molecule has 21 heavy (non-hydrogen) atoms. The number of rotatable bonds is 6. The molecule has 0 radical (unpaired) electrons. The van der Waals surface area contributed by atoms with Crippen molar-refractivity contribution in [2.75, 3.05) is 17.3 Å². The summed E-state index contributed by atoms with van der Waals surface area (Å²) in [7, 11) is 0. The van der Waals surface area contributed by atoms with Crippen LogP contribution in [0.1, 0.15) is 17.4 Å². The van der Waals surface area contributed by atoms with Crippen molar-refractivity contribution in [3.8, 4) is 0 Å². The Hall–Kier alpha value is -2.30. The van der Waals surface area contributed by atoms with Crippen LogP contribution in [0.5, 0.6) is 0 Å². The zero-order valence-electron chi connectivity index (χ0n) is 11.1. The highest BCUT2D eigenvalue weighted by molar-refractivity contribution is 7.07. The summed E-state index contributed by atoms with van der Waals surface area (Å²) in [5, 5.41) is 27.5. The van der Waals surface area contributed by atoms with Gasteiger partial charge >= 0.3 is 5.69 Å². The van der Waals surface area contributed by atoms with Crippen LogP contribution in [-0.2, 0) is 0 Å². The Morgan fingerprint density at radius 1 is 1.57 bits per heavy atom. The fraction of sp³-hybridized carbons (Fsp3) is 0.273. The highest BCUT2D eigenvalue weighted by Crippen LogP contribution is 2.27. The van der Waals surface area contributed by atoms with E-state index in [9.17, 15) is 15.2 Å². The first-order chi connectivity index (χ1) is 10.0. The highest BCUT2D eigenvalue weighted by atomic mass is 32.1. The summed E-state index contributed by atoms with van der Waals surface area (Å²) in [6, 6.07) is 1.78. The highest BCUT2D eigenvalue weighted by Gasteiger charge is 2.22. The van der Waals surface area contributed by atoms with Gasteiger partial charge in [0.25, 0.3) is 0 Å². The Labute approximate surface area is 124 Å². The molecule has 0 aliphatic carbocycles. The van der Waals surface area contributed by atoms with Gasteiger partial charge in [-0.3, -0.25) is 15.5 Å². The summed E-state index contributed by atoms with van der Waals surface area (Å²) in [6.07, 6.45) is -0.791. The lowest BCUT2D eigenvalue weighted by Crippen LogP contribution is -2.17. The third-order valence-electron chi connectivity index (χ3n) is 2.76. The summed E-state index contributed by atoms with van der Waals surface area (Å²) >= 11 is 1.46. The fourth-order valence-corrected chi connectivity index (χ4v) is 2.46. The Balaban J connectivity index is 2.22. The summed E-state index contributed by atoms with van der Waals surface area (Å²) < 4.78 is 0. The summed E-state index contributed by atoms with van der Waals surface area (Å²) in [5.41, 5.74) is 2.91. The van der Waals surface area contributed by atoms with Crippen LogP contribution in [-0.4, -0.2) is 26.5 Å². The van der Waals surface area contributed by atoms with Crippen LogP contribution < -0.4 is 16.6 Å². The minimum absolute atomic E-state index is 0.00901. The van der Waals surface area contributed by atoms with E-state index in [1.165, 1.54) is 18.3 Å². The predicted molar refractivity (Wildman–Crippen MR) is 79.0 cm³/mol. The van der Waals surface area contributed by atoms with Gasteiger partial charge < -0.3 is 10.4 Å². The number of nitrogens with two attached hydrogens (primary N) is 1. The van der Waals surface area contributed by atoms with E-state index in [1.54, 1.807) is 11.4 Å². The van der Waals surface area contributed by atoms with Crippen LogP contribution in [0.3, 0.4) is 0 Å². The summed E-state index contributed by atoms with van der Waals surface area (Å²) in [4.78, 5) is 18.3. The molecule has 0 saturated heterocycles. The van der Waals surface area contributed by atoms with Crippen LogP contribution >= 0.6 is 11.3 Å². The van der Waals surface area contributed by atoms with Gasteiger partial charge in [-0.05, 0) is 29.3 Å². The molecular weight excluding hydrogens is 296 g/mol. The van der Waals surface area contributed by atoms with Crippen molar-refractivity contribution in [2.45, 2.75) is 13.0 Å². The van der Waals surface area contributed by atoms with E-state index < -0.39 is 11.0 Å². The number of hydrogen-bond donors (Lipinski definition) is 4. The van der Waals surface area contributed by atoms with Crippen molar-refractivity contribution < 1.29 is 10.0 Å². The first kappa shape index (κ1) is 15.1. The van der Waals surface area contributed by atoms with Gasteiger partial charge in [0.1, 0.15) is 5.69 Å². The van der Waals surface area contributed by atoms with Crippen LogP contribution in [0.2, 0.25) is 0 Å². The van der Waals surface area contributed by atoms with Gasteiger partial charge in [-0.2, -0.15) is 16.3 Å². The minimum atomic E-state index is -0.791. The zero-order chi connectivity index (χ0) is 15.4. The smallest absolute Gasteiger partial charge is 0.332 e. The molecule has 0 aliphatic heterocycles. The lowest BCUT2D eigenvalue weighted by Gasteiger charge is -2.12. The summed E-state index contributed by atoms with van der Waals surface area (Å²) in [6.45, 7) is 1.57. The van der Waals surface area contributed by atoms with Crippen molar-refractivity contribution in [1.82, 2.24) is 9.97 Å². The molecule has 0 saturated carbocycles. The molecule has 0 aromatic carbocycles. The Kier molecular flexibility index (Phi) is 4.62. The van der Waals surface area contributed by atoms with Gasteiger partial charge in [-0.25, -0.2) is 10.8 Å². The third kappa shape index (κ3) is 3.42. The number of aliphatic hydroxyl groups is 1. The van der Waals surface area contributed by atoms with Gasteiger partial charge in [0, 0.05) is 6.54 Å². The van der Waals surface area contributed by atoms with E-state index in [1.807, 2.05) is 5.38 Å². The van der Waals surface area contributed by atoms with E-state index in [4.69, 9.17) is 5.84 Å². The van der Waals surface area contributed by atoms with E-state index in [2.05, 4.69) is 20.7 Å². The van der Waals surface area contributed by atoms with Crippen molar-refractivity contribution in [3.63, 3.8) is 0 Å². The number of anilines is 2. The number of aryl methyl sites for hydroxylation is 1. The second kappa shape index (κ2) is 6.43. The minimum Gasteiger partial charge on any atom is -0.387 e. The van der Waals surface area contributed by atoms with Gasteiger partial charge in [0.05, 0.1) is 11.0 Å². The summed E-state index contributed by atoms with van der Waals surface area (Å²) in [5.74, 6) is 5.30. The number of nitrogens with zero attached hydrogens (tertiary/aromatic N) is 3. The van der Waals surface area contributed by atoms with E-state index in [0.717, 1.165) is 5.56 Å². The molecule has 2 heterocycles. The van der Waals surface area contributed by atoms with Crippen molar-refractivity contribution in [2.24, 2.45) is 5.84 Å². The Morgan fingerprint density at radius 3 is 2.90 bits per heavy atom. The maximum Gasteiger partial charge on any atom is 0.332 e. The first-order valence-electron chi connectivity index (χ1n) is 5.96. The molecule has 2 rings (SSSR count). The SMILES string of the molecule is Cc1nc(NN)nc(NCC(O)c2ccsc2)c1[N+](=O)[O-]. The number of hydrogen-bond acceptors (Lipinski definition) is 9. The maximum atomic E-state index is 11.1. The van der Waals surface area contributed by atoms with Crippen molar-refractivity contribution in [1.29, 1.82) is 0 Å². The second-order valence-electron chi connectivity index (χ2n) is 4.18. The third-order valence-corrected chi connectivity index (χ3v) is 3.46. The molecule has 5 N–H and O–H groups in total. The standard InChI is InChI=1S/C11H14N6O3S/c1-6-9(17(19)20)10(15-11(14-6)16-12)13-4-8(18)7-2-3-21-5-7/h2-3,5,8,18H,4,12H2,1H3,(H2,13,14,15,16). The molecule has 0 spiro atoms. The van der Waals surface area contributed by atoms with Crippen LogP contribution in [0.25, 0.3) is 0 Å². The van der Waals surface area contributed by atoms with E-state index >= 15 is 0 Å². The average Bonchev–Trinajstić information content (AvgIpc) is 2.97. The number of nitro groups is 1. The Morgan fingerprint density at radius 2 is 2.33 bits per heavy atom. The molecule has 1 atom stereocenters. The molecule has 112 valence electrons. The molecule has 0 fully saturated rings. The molecule has 9 nitrogen and oxygen atoms in total. The predicted octanol–water partition coefficient (Wildman–Crippen LogP) is 1.19. The molecule has 0 amide bonds. The Bertz CT molecular complexity index is 633. The van der Waals surface area contributed by atoms with Crippen LogP contribution in [0.4, 0.5) is 17.5 Å². The topological polar surface area (TPSA) is 139 Å².